The Morgan fingerprint density at radius 1 is 1.03 bits per heavy atom. The van der Waals surface area contributed by atoms with Crippen LogP contribution in [0.4, 0.5) is 11.4 Å². The van der Waals surface area contributed by atoms with Crippen molar-refractivity contribution in [2.75, 3.05) is 10.6 Å². The second-order valence-electron chi connectivity index (χ2n) is 10.2. The summed E-state index contributed by atoms with van der Waals surface area (Å²) in [5.41, 5.74) is 14.5. The minimum atomic E-state index is -1.08. The molecule has 0 bridgehead atoms. The standard InChI is InChI=1S/C28H30N6O3S/c1-15-8-10-19(13-16(15)2)34(27(37)24-21(29)22(25(30)35)33-38-24)23(26(36)32-28(3,4)5)18-9-11-20-17(14-18)7-6-12-31-20/h6-14,23H,29H2,1-5H3,(H2,30,35)(H,32,36). The number of primary amides is 1. The van der Waals surface area contributed by atoms with Gasteiger partial charge in [-0.2, -0.15) is 4.37 Å². The minimum Gasteiger partial charge on any atom is -0.395 e. The second kappa shape index (κ2) is 10.2. The van der Waals surface area contributed by atoms with E-state index >= 15 is 0 Å². The lowest BCUT2D eigenvalue weighted by atomic mass is 9.98. The van der Waals surface area contributed by atoms with Crippen LogP contribution in [0.1, 0.15) is 63.7 Å². The van der Waals surface area contributed by atoms with E-state index in [4.69, 9.17) is 11.5 Å². The number of nitrogens with one attached hydrogen (secondary N) is 1. The fourth-order valence-electron chi connectivity index (χ4n) is 4.12. The van der Waals surface area contributed by atoms with Gasteiger partial charge in [0.15, 0.2) is 5.69 Å². The van der Waals surface area contributed by atoms with Crippen LogP contribution in [0.2, 0.25) is 0 Å². The number of amides is 3. The third-order valence-electron chi connectivity index (χ3n) is 6.09. The van der Waals surface area contributed by atoms with Crippen molar-refractivity contribution in [3.63, 3.8) is 0 Å². The summed E-state index contributed by atoms with van der Waals surface area (Å²) in [6.45, 7) is 9.50. The Hall–Kier alpha value is -4.31. The van der Waals surface area contributed by atoms with Gasteiger partial charge in [-0.15, -0.1) is 0 Å². The van der Waals surface area contributed by atoms with Crippen LogP contribution >= 0.6 is 11.5 Å². The summed E-state index contributed by atoms with van der Waals surface area (Å²) in [5.74, 6) is -1.79. The van der Waals surface area contributed by atoms with Crippen LogP contribution in [0.3, 0.4) is 0 Å². The molecular weight excluding hydrogens is 500 g/mol. The van der Waals surface area contributed by atoms with Gasteiger partial charge in [-0.05, 0) is 93.2 Å². The molecule has 5 N–H and O–H groups in total. The fourth-order valence-corrected chi connectivity index (χ4v) is 4.86. The van der Waals surface area contributed by atoms with Crippen molar-refractivity contribution in [2.24, 2.45) is 5.73 Å². The molecule has 3 amide bonds. The van der Waals surface area contributed by atoms with Crippen LogP contribution in [0.25, 0.3) is 10.9 Å². The predicted octanol–water partition coefficient (Wildman–Crippen LogP) is 4.29. The molecule has 0 radical (unpaired) electrons. The van der Waals surface area contributed by atoms with Crippen molar-refractivity contribution in [3.05, 3.63) is 82.0 Å². The summed E-state index contributed by atoms with van der Waals surface area (Å²) in [6.07, 6.45) is 1.69. The van der Waals surface area contributed by atoms with E-state index in [1.807, 2.05) is 71.0 Å². The zero-order valence-corrected chi connectivity index (χ0v) is 22.7. The molecule has 0 spiro atoms. The molecular formula is C28H30N6O3S. The maximum atomic E-state index is 14.2. The third kappa shape index (κ3) is 5.35. The number of hydrogen-bond donors (Lipinski definition) is 3. The first-order valence-corrected chi connectivity index (χ1v) is 12.8. The summed E-state index contributed by atoms with van der Waals surface area (Å²) in [6, 6.07) is 13.6. The van der Waals surface area contributed by atoms with Crippen LogP contribution in [0.5, 0.6) is 0 Å². The van der Waals surface area contributed by atoms with Gasteiger partial charge in [0, 0.05) is 22.8 Å². The number of carbonyl (C=O) groups is 3. The van der Waals surface area contributed by atoms with E-state index in [1.165, 1.54) is 4.90 Å². The van der Waals surface area contributed by atoms with E-state index in [-0.39, 0.29) is 22.2 Å². The molecule has 38 heavy (non-hydrogen) atoms. The largest absolute Gasteiger partial charge is 0.395 e. The van der Waals surface area contributed by atoms with Gasteiger partial charge in [0.1, 0.15) is 10.9 Å². The van der Waals surface area contributed by atoms with Crippen molar-refractivity contribution >= 4 is 51.5 Å². The molecule has 4 aromatic rings. The Morgan fingerprint density at radius 2 is 1.76 bits per heavy atom. The van der Waals surface area contributed by atoms with Gasteiger partial charge in [0.25, 0.3) is 11.8 Å². The van der Waals surface area contributed by atoms with Crippen molar-refractivity contribution in [1.82, 2.24) is 14.7 Å². The van der Waals surface area contributed by atoms with Crippen LogP contribution < -0.4 is 21.7 Å². The number of nitrogens with two attached hydrogens (primary N) is 2. The zero-order chi connectivity index (χ0) is 27.8. The maximum absolute atomic E-state index is 14.2. The monoisotopic (exact) mass is 530 g/mol. The quantitative estimate of drug-likeness (QED) is 0.339. The highest BCUT2D eigenvalue weighted by molar-refractivity contribution is 7.09. The number of nitrogen functional groups attached to an aromatic ring is 1. The van der Waals surface area contributed by atoms with Gasteiger partial charge in [0.05, 0.1) is 11.2 Å². The van der Waals surface area contributed by atoms with Gasteiger partial charge in [0.2, 0.25) is 5.91 Å². The number of rotatable bonds is 6. The molecule has 4 rings (SSSR count). The lowest BCUT2D eigenvalue weighted by Crippen LogP contribution is -2.49. The normalized spacial score (nSPS) is 12.2. The van der Waals surface area contributed by atoms with Crippen molar-refractivity contribution in [1.29, 1.82) is 0 Å². The van der Waals surface area contributed by atoms with E-state index in [9.17, 15) is 14.4 Å². The third-order valence-corrected chi connectivity index (χ3v) is 6.94. The highest BCUT2D eigenvalue weighted by Gasteiger charge is 2.37. The van der Waals surface area contributed by atoms with Crippen LogP contribution in [0, 0.1) is 13.8 Å². The topological polar surface area (TPSA) is 144 Å². The maximum Gasteiger partial charge on any atom is 0.273 e. The number of carbonyl (C=O) groups excluding carboxylic acids is 3. The number of benzene rings is 2. The first kappa shape index (κ1) is 26.7. The number of anilines is 2. The van der Waals surface area contributed by atoms with E-state index in [2.05, 4.69) is 14.7 Å². The van der Waals surface area contributed by atoms with E-state index in [1.54, 1.807) is 18.3 Å². The molecule has 9 nitrogen and oxygen atoms in total. The van der Waals surface area contributed by atoms with Crippen LogP contribution in [-0.4, -0.2) is 32.6 Å². The molecule has 0 aliphatic heterocycles. The first-order valence-electron chi connectivity index (χ1n) is 12.0. The summed E-state index contributed by atoms with van der Waals surface area (Å²) in [4.78, 5) is 45.8. The van der Waals surface area contributed by atoms with E-state index in [0.717, 1.165) is 33.6 Å². The van der Waals surface area contributed by atoms with Gasteiger partial charge in [-0.1, -0.05) is 18.2 Å². The molecule has 0 saturated carbocycles. The summed E-state index contributed by atoms with van der Waals surface area (Å²) in [7, 11) is 0. The molecule has 1 atom stereocenters. The molecule has 2 aromatic carbocycles. The van der Waals surface area contributed by atoms with Crippen LogP contribution in [0.15, 0.2) is 54.7 Å². The lowest BCUT2D eigenvalue weighted by molar-refractivity contribution is -0.123. The molecule has 0 fully saturated rings. The second-order valence-corrected chi connectivity index (χ2v) is 11.0. The number of aromatic nitrogens is 2. The average Bonchev–Trinajstić information content (AvgIpc) is 3.24. The summed E-state index contributed by atoms with van der Waals surface area (Å²) in [5, 5.41) is 3.84. The van der Waals surface area contributed by atoms with E-state index < -0.39 is 23.4 Å². The highest BCUT2D eigenvalue weighted by atomic mass is 32.1. The molecule has 1 unspecified atom stereocenters. The Kier molecular flexibility index (Phi) is 7.19. The predicted molar refractivity (Wildman–Crippen MR) is 150 cm³/mol. The van der Waals surface area contributed by atoms with Gasteiger partial charge < -0.3 is 16.8 Å². The number of fused-ring (bicyclic) bond motifs is 1. The fraction of sp³-hybridized carbons (Fsp3) is 0.250. The van der Waals surface area contributed by atoms with E-state index in [0.29, 0.717) is 11.3 Å². The number of aryl methyl sites for hydroxylation is 2. The Morgan fingerprint density at radius 3 is 2.39 bits per heavy atom. The Balaban J connectivity index is 1.97. The average molecular weight is 531 g/mol. The van der Waals surface area contributed by atoms with Crippen LogP contribution in [-0.2, 0) is 4.79 Å². The Bertz CT molecular complexity index is 1560. The zero-order valence-electron chi connectivity index (χ0n) is 21.9. The van der Waals surface area contributed by atoms with Crippen molar-refractivity contribution in [3.8, 4) is 0 Å². The number of hydrogen-bond acceptors (Lipinski definition) is 7. The minimum absolute atomic E-state index is 0.0213. The molecule has 0 aliphatic rings. The number of nitrogens with zero attached hydrogens (tertiary/aromatic N) is 3. The lowest BCUT2D eigenvalue weighted by Gasteiger charge is -2.34. The molecule has 0 aliphatic carbocycles. The van der Waals surface area contributed by atoms with Crippen molar-refractivity contribution in [2.45, 2.75) is 46.2 Å². The van der Waals surface area contributed by atoms with Crippen molar-refractivity contribution < 1.29 is 14.4 Å². The summed E-state index contributed by atoms with van der Waals surface area (Å²) < 4.78 is 4.01. The first-order chi connectivity index (χ1) is 17.9. The Labute approximate surface area is 225 Å². The van der Waals surface area contributed by atoms with Gasteiger partial charge in [-0.25, -0.2) is 0 Å². The highest BCUT2D eigenvalue weighted by Crippen LogP contribution is 2.35. The molecule has 196 valence electrons. The number of pyridine rings is 1. The molecule has 2 aromatic heterocycles. The molecule has 0 saturated heterocycles. The smallest absolute Gasteiger partial charge is 0.273 e. The van der Waals surface area contributed by atoms with Gasteiger partial charge >= 0.3 is 0 Å². The SMILES string of the molecule is Cc1ccc(N(C(=O)c2snc(C(N)=O)c2N)C(C(=O)NC(C)(C)C)c2ccc3ncccc3c2)cc1C. The van der Waals surface area contributed by atoms with Gasteiger partial charge in [-0.3, -0.25) is 24.3 Å². The molecule has 10 heteroatoms. The molecule has 2 heterocycles. The summed E-state index contributed by atoms with van der Waals surface area (Å²) >= 11 is 0.774.